The van der Waals surface area contributed by atoms with Crippen molar-refractivity contribution < 1.29 is 19.8 Å². The van der Waals surface area contributed by atoms with Crippen LogP contribution in [0.15, 0.2) is 18.2 Å². The van der Waals surface area contributed by atoms with Crippen molar-refractivity contribution in [1.82, 2.24) is 4.90 Å². The highest BCUT2D eigenvalue weighted by molar-refractivity contribution is 6.32. The Hall–Kier alpha value is -1.75. The summed E-state index contributed by atoms with van der Waals surface area (Å²) in [6.45, 7) is 4.32. The van der Waals surface area contributed by atoms with Crippen molar-refractivity contribution in [2.75, 3.05) is 13.1 Å². The zero-order chi connectivity index (χ0) is 15.8. The number of phenols is 1. The Morgan fingerprint density at radius 3 is 2.52 bits per heavy atom. The minimum absolute atomic E-state index is 0.0591. The minimum Gasteiger partial charge on any atom is -0.506 e. The third-order valence-electron chi connectivity index (χ3n) is 4.31. The first-order chi connectivity index (χ1) is 9.78. The molecule has 21 heavy (non-hydrogen) atoms. The second-order valence-corrected chi connectivity index (χ2v) is 6.17. The van der Waals surface area contributed by atoms with Gasteiger partial charge in [-0.2, -0.15) is 0 Å². The number of rotatable bonds is 3. The molecule has 1 fully saturated rings. The second kappa shape index (κ2) is 5.56. The first-order valence-corrected chi connectivity index (χ1v) is 7.17. The predicted octanol–water partition coefficient (Wildman–Crippen LogP) is 2.62. The Morgan fingerprint density at radius 2 is 2.05 bits per heavy atom. The van der Waals surface area contributed by atoms with Crippen LogP contribution in [-0.4, -0.2) is 40.1 Å². The molecule has 1 aromatic rings. The van der Waals surface area contributed by atoms with Gasteiger partial charge in [0.2, 0.25) is 0 Å². The molecule has 1 aromatic carbocycles. The quantitative estimate of drug-likeness (QED) is 0.899. The SMILES string of the molecule is CC(C)C1(C(=O)O)CCN(C(=O)c2ccc(O)c(Cl)c2)C1. The largest absolute Gasteiger partial charge is 0.506 e. The van der Waals surface area contributed by atoms with E-state index in [-0.39, 0.29) is 29.1 Å². The van der Waals surface area contributed by atoms with Crippen LogP contribution in [0.1, 0.15) is 30.6 Å². The molecule has 1 saturated heterocycles. The molecular formula is C15H18ClNO4. The summed E-state index contributed by atoms with van der Waals surface area (Å²) < 4.78 is 0. The molecule has 1 aliphatic heterocycles. The molecule has 0 bridgehead atoms. The first-order valence-electron chi connectivity index (χ1n) is 6.79. The lowest BCUT2D eigenvalue weighted by Crippen LogP contribution is -2.40. The van der Waals surface area contributed by atoms with E-state index in [1.165, 1.54) is 23.1 Å². The summed E-state index contributed by atoms with van der Waals surface area (Å²) in [4.78, 5) is 25.6. The number of benzene rings is 1. The molecular weight excluding hydrogens is 294 g/mol. The molecule has 1 amide bonds. The van der Waals surface area contributed by atoms with Crippen molar-refractivity contribution in [3.05, 3.63) is 28.8 Å². The Labute approximate surface area is 128 Å². The number of nitrogens with zero attached hydrogens (tertiary/aromatic N) is 1. The molecule has 0 spiro atoms. The molecule has 1 aliphatic rings. The maximum Gasteiger partial charge on any atom is 0.311 e. The van der Waals surface area contributed by atoms with Crippen molar-refractivity contribution >= 4 is 23.5 Å². The van der Waals surface area contributed by atoms with Crippen LogP contribution in [0.25, 0.3) is 0 Å². The van der Waals surface area contributed by atoms with E-state index in [1.807, 2.05) is 13.8 Å². The van der Waals surface area contributed by atoms with Crippen molar-refractivity contribution in [2.24, 2.45) is 11.3 Å². The van der Waals surface area contributed by atoms with Crippen LogP contribution in [0.4, 0.5) is 0 Å². The van der Waals surface area contributed by atoms with E-state index in [0.717, 1.165) is 0 Å². The van der Waals surface area contributed by atoms with Crippen LogP contribution in [0.3, 0.4) is 0 Å². The lowest BCUT2D eigenvalue weighted by Gasteiger charge is -2.28. The number of aromatic hydroxyl groups is 1. The van der Waals surface area contributed by atoms with Gasteiger partial charge in [-0.25, -0.2) is 0 Å². The number of halogens is 1. The van der Waals surface area contributed by atoms with Crippen molar-refractivity contribution in [3.63, 3.8) is 0 Å². The van der Waals surface area contributed by atoms with Crippen LogP contribution in [0.2, 0.25) is 5.02 Å². The smallest absolute Gasteiger partial charge is 0.311 e. The molecule has 1 heterocycles. The van der Waals surface area contributed by atoms with Crippen molar-refractivity contribution in [2.45, 2.75) is 20.3 Å². The Kier molecular flexibility index (Phi) is 4.14. The minimum atomic E-state index is -0.892. The molecule has 2 N–H and O–H groups in total. The van der Waals surface area contributed by atoms with E-state index in [4.69, 9.17) is 11.6 Å². The van der Waals surface area contributed by atoms with Gasteiger partial charge < -0.3 is 15.1 Å². The van der Waals surface area contributed by atoms with Crippen molar-refractivity contribution in [3.8, 4) is 5.75 Å². The fourth-order valence-electron chi connectivity index (χ4n) is 2.72. The summed E-state index contributed by atoms with van der Waals surface area (Å²) in [5, 5.41) is 19.0. The normalized spacial score (nSPS) is 21.8. The molecule has 2 rings (SSSR count). The van der Waals surface area contributed by atoms with Gasteiger partial charge in [-0.15, -0.1) is 0 Å². The van der Waals surface area contributed by atoms with Gasteiger partial charge >= 0.3 is 5.97 Å². The van der Waals surface area contributed by atoms with E-state index in [9.17, 15) is 19.8 Å². The maximum atomic E-state index is 12.4. The van der Waals surface area contributed by atoms with Crippen LogP contribution in [-0.2, 0) is 4.79 Å². The Bertz CT molecular complexity index is 587. The number of carbonyl (C=O) groups excluding carboxylic acids is 1. The highest BCUT2D eigenvalue weighted by Crippen LogP contribution is 2.39. The number of carboxylic acid groups (broad SMARTS) is 1. The number of aliphatic carboxylic acids is 1. The van der Waals surface area contributed by atoms with Gasteiger partial charge in [0, 0.05) is 18.7 Å². The number of hydrogen-bond donors (Lipinski definition) is 2. The summed E-state index contributed by atoms with van der Waals surface area (Å²) in [6, 6.07) is 4.24. The molecule has 1 atom stereocenters. The molecule has 0 radical (unpaired) electrons. The first kappa shape index (κ1) is 15.6. The fourth-order valence-corrected chi connectivity index (χ4v) is 2.90. The zero-order valence-electron chi connectivity index (χ0n) is 12.0. The molecule has 1 unspecified atom stereocenters. The summed E-state index contributed by atoms with van der Waals surface area (Å²) in [5.74, 6) is -1.27. The number of hydrogen-bond acceptors (Lipinski definition) is 3. The second-order valence-electron chi connectivity index (χ2n) is 5.76. The molecule has 0 saturated carbocycles. The zero-order valence-corrected chi connectivity index (χ0v) is 12.7. The van der Waals surface area contributed by atoms with Crippen LogP contribution in [0.5, 0.6) is 5.75 Å². The summed E-state index contributed by atoms with van der Waals surface area (Å²) in [5.41, 5.74) is -0.543. The monoisotopic (exact) mass is 311 g/mol. The van der Waals surface area contributed by atoms with Gasteiger partial charge in [-0.05, 0) is 30.5 Å². The average Bonchev–Trinajstić information content (AvgIpc) is 2.87. The molecule has 5 nitrogen and oxygen atoms in total. The summed E-state index contributed by atoms with van der Waals surface area (Å²) in [7, 11) is 0. The number of likely N-dealkylation sites (tertiary alicyclic amines) is 1. The van der Waals surface area contributed by atoms with Gasteiger partial charge in [0.25, 0.3) is 5.91 Å². The molecule has 114 valence electrons. The highest BCUT2D eigenvalue weighted by Gasteiger charge is 2.48. The molecule has 0 aliphatic carbocycles. The lowest BCUT2D eigenvalue weighted by molar-refractivity contribution is -0.150. The van der Waals surface area contributed by atoms with Gasteiger partial charge in [0.05, 0.1) is 10.4 Å². The third-order valence-corrected chi connectivity index (χ3v) is 4.62. The average molecular weight is 312 g/mol. The fraction of sp³-hybridized carbons (Fsp3) is 0.467. The summed E-state index contributed by atoms with van der Waals surface area (Å²) in [6.07, 6.45) is 0.442. The summed E-state index contributed by atoms with van der Waals surface area (Å²) >= 11 is 5.81. The Balaban J connectivity index is 2.22. The highest BCUT2D eigenvalue weighted by atomic mass is 35.5. The van der Waals surface area contributed by atoms with Crippen LogP contribution >= 0.6 is 11.6 Å². The van der Waals surface area contributed by atoms with Gasteiger partial charge in [-0.3, -0.25) is 9.59 Å². The van der Waals surface area contributed by atoms with E-state index in [1.54, 1.807) is 0 Å². The number of carboxylic acids is 1. The predicted molar refractivity (Wildman–Crippen MR) is 78.5 cm³/mol. The maximum absolute atomic E-state index is 12.4. The lowest BCUT2D eigenvalue weighted by atomic mass is 9.76. The van der Waals surface area contributed by atoms with Gasteiger partial charge in [-0.1, -0.05) is 25.4 Å². The van der Waals surface area contributed by atoms with Crippen LogP contribution in [0, 0.1) is 11.3 Å². The van der Waals surface area contributed by atoms with E-state index in [2.05, 4.69) is 0 Å². The molecule has 6 heteroatoms. The van der Waals surface area contributed by atoms with E-state index < -0.39 is 11.4 Å². The molecule has 0 aromatic heterocycles. The number of phenolic OH excluding ortho intramolecular Hbond substituents is 1. The third kappa shape index (κ3) is 2.70. The van der Waals surface area contributed by atoms with E-state index >= 15 is 0 Å². The van der Waals surface area contributed by atoms with E-state index in [0.29, 0.717) is 18.5 Å². The number of carbonyl (C=O) groups is 2. The van der Waals surface area contributed by atoms with Crippen LogP contribution < -0.4 is 0 Å². The standard InChI is InChI=1S/C15H18ClNO4/c1-9(2)15(14(20)21)5-6-17(8-15)13(19)10-3-4-12(18)11(16)7-10/h3-4,7,9,18H,5-6,8H2,1-2H3,(H,20,21). The topological polar surface area (TPSA) is 77.8 Å². The number of amides is 1. The van der Waals surface area contributed by atoms with Gasteiger partial charge in [0.1, 0.15) is 5.75 Å². The Morgan fingerprint density at radius 1 is 1.38 bits per heavy atom. The van der Waals surface area contributed by atoms with Crippen molar-refractivity contribution in [1.29, 1.82) is 0 Å². The van der Waals surface area contributed by atoms with Gasteiger partial charge in [0.15, 0.2) is 0 Å².